The van der Waals surface area contributed by atoms with Crippen molar-refractivity contribution in [1.29, 1.82) is 0 Å². The molecule has 0 amide bonds. The third-order valence-corrected chi connectivity index (χ3v) is 3.89. The lowest BCUT2D eigenvalue weighted by Gasteiger charge is -2.19. The highest BCUT2D eigenvalue weighted by Crippen LogP contribution is 2.21. The van der Waals surface area contributed by atoms with E-state index in [9.17, 15) is 0 Å². The van der Waals surface area contributed by atoms with Crippen LogP contribution in [0.15, 0.2) is 34.8 Å². The van der Waals surface area contributed by atoms with E-state index in [0.29, 0.717) is 24.2 Å². The summed E-state index contributed by atoms with van der Waals surface area (Å²) in [5, 5.41) is 0.425. The molecule has 112 valence electrons. The molecule has 1 aromatic carbocycles. The van der Waals surface area contributed by atoms with Crippen LogP contribution in [0.2, 0.25) is 5.15 Å². The zero-order valence-corrected chi connectivity index (χ0v) is 14.4. The summed E-state index contributed by atoms with van der Waals surface area (Å²) in [5.74, 6) is 1.37. The summed E-state index contributed by atoms with van der Waals surface area (Å²) < 4.78 is 6.41. The minimum absolute atomic E-state index is 0.368. The molecule has 0 spiro atoms. The molecule has 21 heavy (non-hydrogen) atoms. The lowest BCUT2D eigenvalue weighted by molar-refractivity contribution is 0.128. The molecule has 4 nitrogen and oxygen atoms in total. The molecule has 2 aromatic rings. The van der Waals surface area contributed by atoms with Crippen molar-refractivity contribution in [2.45, 2.75) is 20.1 Å². The van der Waals surface area contributed by atoms with Gasteiger partial charge in [0, 0.05) is 30.7 Å². The fourth-order valence-corrected chi connectivity index (χ4v) is 2.47. The number of hydrogen-bond donors (Lipinski definition) is 0. The lowest BCUT2D eigenvalue weighted by Crippen LogP contribution is -2.19. The average Bonchev–Trinajstić information content (AvgIpc) is 2.47. The molecule has 0 unspecified atom stereocenters. The maximum Gasteiger partial charge on any atom is 0.158 e. The summed E-state index contributed by atoms with van der Waals surface area (Å²) in [6.07, 6.45) is 0. The van der Waals surface area contributed by atoms with E-state index < -0.39 is 0 Å². The summed E-state index contributed by atoms with van der Waals surface area (Å²) in [6, 6.07) is 9.87. The van der Waals surface area contributed by atoms with Crippen LogP contribution in [0, 0.1) is 0 Å². The Morgan fingerprint density at radius 2 is 2.05 bits per heavy atom. The molecule has 1 aromatic heterocycles. The fraction of sp³-hybridized carbons (Fsp3) is 0.333. The molecule has 0 N–H and O–H groups in total. The van der Waals surface area contributed by atoms with Gasteiger partial charge in [0.15, 0.2) is 5.82 Å². The Hall–Kier alpha value is -1.17. The van der Waals surface area contributed by atoms with E-state index in [4.69, 9.17) is 16.3 Å². The number of nitrogens with zero attached hydrogens (tertiary/aromatic N) is 3. The van der Waals surface area contributed by atoms with E-state index in [1.165, 1.54) is 5.56 Å². The quantitative estimate of drug-likeness (QED) is 0.719. The molecule has 6 heteroatoms. The third-order valence-electron chi connectivity index (χ3n) is 2.92. The maximum absolute atomic E-state index is 6.06. The molecular formula is C15H17BrClN3O. The Morgan fingerprint density at radius 3 is 2.76 bits per heavy atom. The van der Waals surface area contributed by atoms with Gasteiger partial charge in [-0.2, -0.15) is 0 Å². The predicted molar refractivity (Wildman–Crippen MR) is 88.6 cm³/mol. The summed E-state index contributed by atoms with van der Waals surface area (Å²) in [6.45, 7) is 3.65. The van der Waals surface area contributed by atoms with Crippen molar-refractivity contribution in [3.63, 3.8) is 0 Å². The van der Waals surface area contributed by atoms with Crippen molar-refractivity contribution in [3.8, 4) is 0 Å². The predicted octanol–water partition coefficient (Wildman–Crippen LogP) is 4.07. The summed E-state index contributed by atoms with van der Waals surface area (Å²) in [5.41, 5.74) is 1.18. The van der Waals surface area contributed by atoms with Gasteiger partial charge < -0.3 is 9.64 Å². The Bertz CT molecular complexity index is 609. The van der Waals surface area contributed by atoms with Gasteiger partial charge in [0.1, 0.15) is 17.6 Å². The second-order valence-electron chi connectivity index (χ2n) is 4.55. The topological polar surface area (TPSA) is 38.2 Å². The zero-order chi connectivity index (χ0) is 15.2. The van der Waals surface area contributed by atoms with Gasteiger partial charge in [0.05, 0.1) is 0 Å². The zero-order valence-electron chi connectivity index (χ0n) is 12.0. The Labute approximate surface area is 138 Å². The number of rotatable bonds is 6. The Kier molecular flexibility index (Phi) is 5.96. The monoisotopic (exact) mass is 369 g/mol. The van der Waals surface area contributed by atoms with Crippen molar-refractivity contribution in [3.05, 3.63) is 51.3 Å². The van der Waals surface area contributed by atoms with E-state index in [2.05, 4.69) is 32.0 Å². The molecule has 0 saturated carbocycles. The van der Waals surface area contributed by atoms with Gasteiger partial charge in [-0.05, 0) is 18.6 Å². The van der Waals surface area contributed by atoms with E-state index >= 15 is 0 Å². The number of halogens is 2. The van der Waals surface area contributed by atoms with Gasteiger partial charge in [-0.15, -0.1) is 0 Å². The first-order valence-electron chi connectivity index (χ1n) is 6.66. The summed E-state index contributed by atoms with van der Waals surface area (Å²) in [4.78, 5) is 10.7. The van der Waals surface area contributed by atoms with E-state index in [0.717, 1.165) is 16.8 Å². The maximum atomic E-state index is 6.06. The highest BCUT2D eigenvalue weighted by Gasteiger charge is 2.09. The SMILES string of the molecule is CCOCc1nc(Cl)cc(N(C)Cc2ccccc2Br)n1. The molecule has 0 saturated heterocycles. The molecule has 0 aliphatic carbocycles. The van der Waals surface area contributed by atoms with Crippen LogP contribution in [0.25, 0.3) is 0 Å². The number of hydrogen-bond acceptors (Lipinski definition) is 4. The van der Waals surface area contributed by atoms with Crippen LogP contribution in [0.5, 0.6) is 0 Å². The van der Waals surface area contributed by atoms with Crippen LogP contribution >= 0.6 is 27.5 Å². The molecule has 0 aliphatic heterocycles. The van der Waals surface area contributed by atoms with Gasteiger partial charge in [0.25, 0.3) is 0 Å². The first-order chi connectivity index (χ1) is 10.1. The van der Waals surface area contributed by atoms with Crippen molar-refractivity contribution >= 4 is 33.3 Å². The summed E-state index contributed by atoms with van der Waals surface area (Å²) in [7, 11) is 1.97. The molecule has 0 bridgehead atoms. The van der Waals surface area contributed by atoms with Crippen LogP contribution in [0.4, 0.5) is 5.82 Å². The van der Waals surface area contributed by atoms with Gasteiger partial charge in [-0.1, -0.05) is 45.7 Å². The van der Waals surface area contributed by atoms with Crippen LogP contribution in [0.3, 0.4) is 0 Å². The molecule has 0 atom stereocenters. The normalized spacial score (nSPS) is 10.7. The molecule has 0 radical (unpaired) electrons. The van der Waals surface area contributed by atoms with Crippen molar-refractivity contribution < 1.29 is 4.74 Å². The first-order valence-corrected chi connectivity index (χ1v) is 7.83. The molecule has 2 rings (SSSR count). The van der Waals surface area contributed by atoms with Crippen LogP contribution in [-0.2, 0) is 17.9 Å². The average molecular weight is 371 g/mol. The highest BCUT2D eigenvalue weighted by atomic mass is 79.9. The molecule has 0 fully saturated rings. The molecule has 0 aliphatic rings. The highest BCUT2D eigenvalue weighted by molar-refractivity contribution is 9.10. The number of anilines is 1. The standard InChI is InChI=1S/C15H17BrClN3O/c1-3-21-10-14-18-13(17)8-15(19-14)20(2)9-11-6-4-5-7-12(11)16/h4-8H,3,9-10H2,1-2H3. The lowest BCUT2D eigenvalue weighted by atomic mass is 10.2. The van der Waals surface area contributed by atoms with Gasteiger partial charge in [-0.3, -0.25) is 0 Å². The van der Waals surface area contributed by atoms with Gasteiger partial charge >= 0.3 is 0 Å². The first kappa shape index (κ1) is 16.2. The van der Waals surface area contributed by atoms with Crippen LogP contribution in [0.1, 0.15) is 18.3 Å². The summed E-state index contributed by atoms with van der Waals surface area (Å²) >= 11 is 9.62. The number of aromatic nitrogens is 2. The second kappa shape index (κ2) is 7.73. The minimum atomic E-state index is 0.368. The van der Waals surface area contributed by atoms with Crippen LogP contribution < -0.4 is 4.90 Å². The largest absolute Gasteiger partial charge is 0.374 e. The Balaban J connectivity index is 2.16. The molecule has 1 heterocycles. The third kappa shape index (κ3) is 4.66. The number of benzene rings is 1. The van der Waals surface area contributed by atoms with Gasteiger partial charge in [0.2, 0.25) is 0 Å². The second-order valence-corrected chi connectivity index (χ2v) is 5.79. The van der Waals surface area contributed by atoms with E-state index in [1.807, 2.05) is 37.1 Å². The molecular weight excluding hydrogens is 354 g/mol. The van der Waals surface area contributed by atoms with E-state index in [1.54, 1.807) is 6.07 Å². The van der Waals surface area contributed by atoms with Crippen LogP contribution in [-0.4, -0.2) is 23.6 Å². The number of ether oxygens (including phenoxy) is 1. The van der Waals surface area contributed by atoms with Gasteiger partial charge in [-0.25, -0.2) is 9.97 Å². The van der Waals surface area contributed by atoms with Crippen molar-refractivity contribution in [2.75, 3.05) is 18.6 Å². The van der Waals surface area contributed by atoms with E-state index in [-0.39, 0.29) is 0 Å². The fourth-order valence-electron chi connectivity index (χ4n) is 1.87. The minimum Gasteiger partial charge on any atom is -0.374 e. The van der Waals surface area contributed by atoms with Crippen molar-refractivity contribution in [1.82, 2.24) is 9.97 Å². The smallest absolute Gasteiger partial charge is 0.158 e. The Morgan fingerprint density at radius 1 is 1.29 bits per heavy atom. The van der Waals surface area contributed by atoms with Crippen molar-refractivity contribution in [2.24, 2.45) is 0 Å².